The number of carbonyl (C=O) groups excluding carboxylic acids is 1. The number of hydrogen-bond donors (Lipinski definition) is 2. The molecule has 1 saturated heterocycles. The number of amides is 1. The molecule has 3 aromatic rings. The number of halogens is 1. The van der Waals surface area contributed by atoms with Gasteiger partial charge in [-0.3, -0.25) is 14.8 Å². The van der Waals surface area contributed by atoms with E-state index in [4.69, 9.17) is 5.73 Å². The van der Waals surface area contributed by atoms with E-state index in [1.165, 1.54) is 18.6 Å². The van der Waals surface area contributed by atoms with Crippen molar-refractivity contribution in [2.75, 3.05) is 23.3 Å². The molecule has 5 rings (SSSR count). The molecule has 3 N–H and O–H groups in total. The Morgan fingerprint density at radius 3 is 2.74 bits per heavy atom. The predicted octanol–water partition coefficient (Wildman–Crippen LogP) is 5.24. The number of benzene rings is 1. The number of nitrogens with one attached hydrogen (secondary N) is 1. The zero-order valence-corrected chi connectivity index (χ0v) is 19.6. The van der Waals surface area contributed by atoms with Gasteiger partial charge in [0.1, 0.15) is 5.82 Å². The second-order valence-electron chi connectivity index (χ2n) is 9.92. The van der Waals surface area contributed by atoms with E-state index in [-0.39, 0.29) is 23.7 Å². The third kappa shape index (κ3) is 4.62. The maximum absolute atomic E-state index is 14.8. The van der Waals surface area contributed by atoms with Crippen molar-refractivity contribution < 1.29 is 9.18 Å². The van der Waals surface area contributed by atoms with Crippen LogP contribution in [0.2, 0.25) is 0 Å². The van der Waals surface area contributed by atoms with E-state index in [0.717, 1.165) is 56.4 Å². The maximum atomic E-state index is 14.8. The van der Waals surface area contributed by atoms with Gasteiger partial charge < -0.3 is 16.0 Å². The molecule has 2 fully saturated rings. The van der Waals surface area contributed by atoms with Gasteiger partial charge in [0.05, 0.1) is 34.8 Å². The fourth-order valence-corrected chi connectivity index (χ4v) is 5.65. The van der Waals surface area contributed by atoms with E-state index in [9.17, 15) is 9.18 Å². The van der Waals surface area contributed by atoms with E-state index in [0.29, 0.717) is 28.1 Å². The molecule has 0 radical (unpaired) electrons. The summed E-state index contributed by atoms with van der Waals surface area (Å²) < 4.78 is 14.8. The van der Waals surface area contributed by atoms with Crippen LogP contribution < -0.4 is 16.0 Å². The summed E-state index contributed by atoms with van der Waals surface area (Å²) in [5.41, 5.74) is 9.65. The third-order valence-corrected chi connectivity index (χ3v) is 7.27. The van der Waals surface area contributed by atoms with Crippen LogP contribution in [0.5, 0.6) is 0 Å². The highest BCUT2D eigenvalue weighted by molar-refractivity contribution is 6.12. The van der Waals surface area contributed by atoms with Crippen LogP contribution in [0.15, 0.2) is 42.9 Å². The molecule has 6 nitrogen and oxygen atoms in total. The van der Waals surface area contributed by atoms with Gasteiger partial charge in [0, 0.05) is 30.7 Å². The first kappa shape index (κ1) is 22.7. The van der Waals surface area contributed by atoms with Crippen molar-refractivity contribution in [3.8, 4) is 0 Å². The van der Waals surface area contributed by atoms with Crippen molar-refractivity contribution in [2.45, 2.75) is 57.4 Å². The van der Waals surface area contributed by atoms with E-state index in [1.807, 2.05) is 12.1 Å². The monoisotopic (exact) mass is 461 g/mol. The molecule has 2 aromatic heterocycles. The first-order chi connectivity index (χ1) is 16.5. The Bertz CT molecular complexity index is 1180. The van der Waals surface area contributed by atoms with Crippen LogP contribution >= 0.6 is 0 Å². The number of nitrogens with zero attached hydrogens (tertiary/aromatic N) is 3. The third-order valence-electron chi connectivity index (χ3n) is 7.27. The summed E-state index contributed by atoms with van der Waals surface area (Å²) in [6, 6.07) is 6.81. The lowest BCUT2D eigenvalue weighted by molar-refractivity contribution is 0.102. The molecule has 34 heavy (non-hydrogen) atoms. The average Bonchev–Trinajstić information content (AvgIpc) is 2.84. The van der Waals surface area contributed by atoms with Crippen LogP contribution in [0, 0.1) is 11.7 Å². The van der Waals surface area contributed by atoms with Crippen molar-refractivity contribution in [2.24, 2.45) is 11.7 Å². The van der Waals surface area contributed by atoms with Gasteiger partial charge in [-0.15, -0.1) is 0 Å². The van der Waals surface area contributed by atoms with Gasteiger partial charge in [0.2, 0.25) is 0 Å². The molecule has 0 spiro atoms. The summed E-state index contributed by atoms with van der Waals surface area (Å²) in [5.74, 6) is 0.118. The molecule has 1 saturated carbocycles. The second-order valence-corrected chi connectivity index (χ2v) is 9.92. The van der Waals surface area contributed by atoms with Crippen molar-refractivity contribution in [1.29, 1.82) is 0 Å². The van der Waals surface area contributed by atoms with Gasteiger partial charge in [-0.2, -0.15) is 0 Å². The molecule has 1 unspecified atom stereocenters. The summed E-state index contributed by atoms with van der Waals surface area (Å²) in [5, 5.41) is 3.40. The van der Waals surface area contributed by atoms with Crippen LogP contribution in [0.25, 0.3) is 10.9 Å². The number of carbonyl (C=O) groups is 1. The van der Waals surface area contributed by atoms with Crippen LogP contribution in [-0.4, -0.2) is 35.0 Å². The molecule has 3 atom stereocenters. The Morgan fingerprint density at radius 2 is 1.94 bits per heavy atom. The number of nitrogens with two attached hydrogens (primary N) is 1. The number of aromatic nitrogens is 2. The normalized spacial score (nSPS) is 23.1. The van der Waals surface area contributed by atoms with Crippen LogP contribution in [0.3, 0.4) is 0 Å². The molecular weight excluding hydrogens is 429 g/mol. The summed E-state index contributed by atoms with van der Waals surface area (Å²) in [7, 11) is 0. The Labute approximate surface area is 199 Å². The Morgan fingerprint density at radius 1 is 1.12 bits per heavy atom. The fraction of sp³-hybridized carbons (Fsp3) is 0.444. The van der Waals surface area contributed by atoms with Crippen LogP contribution in [0.4, 0.5) is 15.8 Å². The molecule has 2 aliphatic rings. The maximum Gasteiger partial charge on any atom is 0.257 e. The minimum atomic E-state index is -0.370. The number of fused-ring (bicyclic) bond motifs is 1. The smallest absolute Gasteiger partial charge is 0.257 e. The van der Waals surface area contributed by atoms with Gasteiger partial charge in [-0.1, -0.05) is 6.92 Å². The standard InChI is InChI=1S/C27H32FN5O/c1-17-11-18(13-19(29)12-17)21-7-8-30-16-25(21)32-27(34)22-5-6-24(28)23-14-20(15-31-26(22)23)33-9-3-2-4-10-33/h5-8,14-19H,2-4,9-13,29H2,1H3,(H,32,34)/t17-,18+,19?/m0/s1. The van der Waals surface area contributed by atoms with E-state index >= 15 is 0 Å². The molecule has 1 aliphatic heterocycles. The molecule has 1 amide bonds. The zero-order valence-electron chi connectivity index (χ0n) is 19.6. The summed E-state index contributed by atoms with van der Waals surface area (Å²) in [4.78, 5) is 24.4. The predicted molar refractivity (Wildman–Crippen MR) is 134 cm³/mol. The second kappa shape index (κ2) is 9.66. The molecule has 1 aromatic carbocycles. The molecule has 1 aliphatic carbocycles. The number of hydrogen-bond acceptors (Lipinski definition) is 5. The van der Waals surface area contributed by atoms with Gasteiger partial charge in [-0.05, 0) is 80.2 Å². The minimum absolute atomic E-state index is 0.157. The van der Waals surface area contributed by atoms with Crippen molar-refractivity contribution in [1.82, 2.24) is 9.97 Å². The van der Waals surface area contributed by atoms with Crippen molar-refractivity contribution in [3.05, 3.63) is 59.8 Å². The minimum Gasteiger partial charge on any atom is -0.370 e. The van der Waals surface area contributed by atoms with E-state index in [1.54, 1.807) is 18.6 Å². The van der Waals surface area contributed by atoms with Crippen molar-refractivity contribution >= 4 is 28.2 Å². The Hall–Kier alpha value is -3.06. The SMILES string of the molecule is C[C@@H]1CC(N)C[C@H](c2ccncc2NC(=O)c2ccc(F)c3cc(N4CCCCC4)cnc23)C1. The van der Waals surface area contributed by atoms with E-state index in [2.05, 4.69) is 27.1 Å². The van der Waals surface area contributed by atoms with E-state index < -0.39 is 0 Å². The average molecular weight is 462 g/mol. The fourth-order valence-electron chi connectivity index (χ4n) is 5.65. The summed E-state index contributed by atoms with van der Waals surface area (Å²) >= 11 is 0. The molecule has 178 valence electrons. The number of piperidine rings is 1. The zero-order chi connectivity index (χ0) is 23.7. The van der Waals surface area contributed by atoms with Crippen molar-refractivity contribution in [3.63, 3.8) is 0 Å². The first-order valence-electron chi connectivity index (χ1n) is 12.3. The lowest BCUT2D eigenvalue weighted by atomic mass is 9.76. The molecule has 7 heteroatoms. The number of rotatable bonds is 4. The van der Waals surface area contributed by atoms with Crippen LogP contribution in [0.1, 0.15) is 67.3 Å². The van der Waals surface area contributed by atoms with Gasteiger partial charge >= 0.3 is 0 Å². The summed E-state index contributed by atoms with van der Waals surface area (Å²) in [6.45, 7) is 4.12. The van der Waals surface area contributed by atoms with Gasteiger partial charge in [0.15, 0.2) is 0 Å². The Balaban J connectivity index is 1.44. The largest absolute Gasteiger partial charge is 0.370 e. The van der Waals surface area contributed by atoms with Gasteiger partial charge in [-0.25, -0.2) is 4.39 Å². The van der Waals surface area contributed by atoms with Gasteiger partial charge in [0.25, 0.3) is 5.91 Å². The molecule has 0 bridgehead atoms. The summed E-state index contributed by atoms with van der Waals surface area (Å²) in [6.07, 6.45) is 11.6. The topological polar surface area (TPSA) is 84.1 Å². The highest BCUT2D eigenvalue weighted by atomic mass is 19.1. The number of anilines is 2. The highest BCUT2D eigenvalue weighted by Gasteiger charge is 2.28. The Kier molecular flexibility index (Phi) is 6.46. The molecular formula is C27H32FN5O. The first-order valence-corrected chi connectivity index (χ1v) is 12.3. The lowest BCUT2D eigenvalue weighted by Crippen LogP contribution is -2.31. The molecule has 3 heterocycles. The highest BCUT2D eigenvalue weighted by Crippen LogP contribution is 2.38. The quantitative estimate of drug-likeness (QED) is 0.555. The van der Waals surface area contributed by atoms with Crippen LogP contribution in [-0.2, 0) is 0 Å². The lowest BCUT2D eigenvalue weighted by Gasteiger charge is -2.32. The number of pyridine rings is 2.